The van der Waals surface area contributed by atoms with Gasteiger partial charge in [-0.05, 0) is 35.9 Å². The molecule has 0 saturated carbocycles. The van der Waals surface area contributed by atoms with Crippen LogP contribution in [0.1, 0.15) is 11.1 Å². The van der Waals surface area contributed by atoms with Crippen molar-refractivity contribution in [1.29, 1.82) is 0 Å². The molecule has 0 spiro atoms. The molecule has 1 aliphatic rings. The Hall–Kier alpha value is -2.20. The summed E-state index contributed by atoms with van der Waals surface area (Å²) < 4.78 is 16.1. The molecule has 8 heteroatoms. The standard InChI is InChI=1S/C23H32N4O3.HI/c1-24-23(25-16-18-5-7-20(28-2)8-6-18)27-13-11-26(12-14-27)17-19-15-21(29-3)9-10-22(19)30-4;/h5-10,15H,11-14,16-17H2,1-4H3,(H,24,25);1H. The monoisotopic (exact) mass is 540 g/mol. The van der Waals surface area contributed by atoms with Crippen molar-refractivity contribution in [3.63, 3.8) is 0 Å². The van der Waals surface area contributed by atoms with E-state index in [1.165, 1.54) is 5.56 Å². The molecule has 0 unspecified atom stereocenters. The smallest absolute Gasteiger partial charge is 0.194 e. The van der Waals surface area contributed by atoms with Gasteiger partial charge in [-0.3, -0.25) is 9.89 Å². The zero-order chi connectivity index (χ0) is 21.3. The minimum Gasteiger partial charge on any atom is -0.497 e. The van der Waals surface area contributed by atoms with Gasteiger partial charge in [-0.2, -0.15) is 0 Å². The molecule has 3 rings (SSSR count). The van der Waals surface area contributed by atoms with E-state index in [0.29, 0.717) is 0 Å². The zero-order valence-electron chi connectivity index (χ0n) is 18.8. The summed E-state index contributed by atoms with van der Waals surface area (Å²) in [6, 6.07) is 14.0. The van der Waals surface area contributed by atoms with Gasteiger partial charge in [0, 0.05) is 51.9 Å². The van der Waals surface area contributed by atoms with Crippen LogP contribution in [0.2, 0.25) is 0 Å². The minimum absolute atomic E-state index is 0. The summed E-state index contributed by atoms with van der Waals surface area (Å²) >= 11 is 0. The van der Waals surface area contributed by atoms with Crippen molar-refractivity contribution in [3.05, 3.63) is 53.6 Å². The lowest BCUT2D eigenvalue weighted by Crippen LogP contribution is -2.52. The average molecular weight is 540 g/mol. The Labute approximate surface area is 202 Å². The van der Waals surface area contributed by atoms with E-state index < -0.39 is 0 Å². The molecular weight excluding hydrogens is 507 g/mol. The molecule has 0 radical (unpaired) electrons. The second kappa shape index (κ2) is 12.6. The van der Waals surface area contributed by atoms with Crippen LogP contribution in [0.5, 0.6) is 17.2 Å². The maximum absolute atomic E-state index is 5.52. The van der Waals surface area contributed by atoms with Crippen LogP contribution in [0, 0.1) is 0 Å². The van der Waals surface area contributed by atoms with E-state index in [9.17, 15) is 0 Å². The third-order valence-electron chi connectivity index (χ3n) is 5.37. The third kappa shape index (κ3) is 6.90. The van der Waals surface area contributed by atoms with Crippen LogP contribution in [0.3, 0.4) is 0 Å². The Kier molecular flexibility index (Phi) is 10.2. The summed E-state index contributed by atoms with van der Waals surface area (Å²) in [7, 11) is 6.92. The first-order valence-corrected chi connectivity index (χ1v) is 10.2. The van der Waals surface area contributed by atoms with Gasteiger partial charge in [0.15, 0.2) is 5.96 Å². The molecule has 7 nitrogen and oxygen atoms in total. The number of halogens is 1. The van der Waals surface area contributed by atoms with E-state index in [1.54, 1.807) is 21.3 Å². The molecule has 2 aromatic rings. The summed E-state index contributed by atoms with van der Waals surface area (Å²) in [6.45, 7) is 5.35. The van der Waals surface area contributed by atoms with Gasteiger partial charge >= 0.3 is 0 Å². The lowest BCUT2D eigenvalue weighted by Gasteiger charge is -2.36. The number of hydrogen-bond donors (Lipinski definition) is 1. The van der Waals surface area contributed by atoms with Crippen molar-refractivity contribution < 1.29 is 14.2 Å². The molecular formula is C23H33IN4O3. The molecule has 1 fully saturated rings. The number of piperazine rings is 1. The molecule has 0 atom stereocenters. The topological polar surface area (TPSA) is 58.6 Å². The molecule has 0 amide bonds. The average Bonchev–Trinajstić information content (AvgIpc) is 2.80. The molecule has 0 aliphatic carbocycles. The largest absolute Gasteiger partial charge is 0.497 e. The second-order valence-corrected chi connectivity index (χ2v) is 7.19. The van der Waals surface area contributed by atoms with E-state index in [-0.39, 0.29) is 24.0 Å². The maximum Gasteiger partial charge on any atom is 0.194 e. The number of nitrogens with one attached hydrogen (secondary N) is 1. The van der Waals surface area contributed by atoms with Crippen LogP contribution >= 0.6 is 24.0 Å². The molecule has 1 heterocycles. The highest BCUT2D eigenvalue weighted by Crippen LogP contribution is 2.25. The first-order chi connectivity index (χ1) is 14.7. The van der Waals surface area contributed by atoms with Crippen molar-refractivity contribution in [2.24, 2.45) is 4.99 Å². The molecule has 0 bridgehead atoms. The van der Waals surface area contributed by atoms with Crippen LogP contribution < -0.4 is 19.5 Å². The maximum atomic E-state index is 5.52. The molecule has 1 saturated heterocycles. The number of aliphatic imine (C=N–C) groups is 1. The molecule has 1 N–H and O–H groups in total. The Morgan fingerprint density at radius 2 is 1.55 bits per heavy atom. The first-order valence-electron chi connectivity index (χ1n) is 10.2. The normalized spacial score (nSPS) is 14.6. The fourth-order valence-corrected chi connectivity index (χ4v) is 3.62. The summed E-state index contributed by atoms with van der Waals surface area (Å²) in [5, 5.41) is 3.47. The van der Waals surface area contributed by atoms with E-state index in [2.05, 4.69) is 38.3 Å². The highest BCUT2D eigenvalue weighted by molar-refractivity contribution is 14.0. The molecule has 2 aromatic carbocycles. The van der Waals surface area contributed by atoms with Crippen LogP contribution in [-0.2, 0) is 13.1 Å². The van der Waals surface area contributed by atoms with Crippen LogP contribution in [0.4, 0.5) is 0 Å². The first kappa shape index (κ1) is 25.1. The molecule has 31 heavy (non-hydrogen) atoms. The zero-order valence-corrected chi connectivity index (χ0v) is 21.1. The van der Waals surface area contributed by atoms with Crippen molar-refractivity contribution in [3.8, 4) is 17.2 Å². The fourth-order valence-electron chi connectivity index (χ4n) is 3.62. The van der Waals surface area contributed by atoms with Gasteiger partial charge in [0.05, 0.1) is 21.3 Å². The number of benzene rings is 2. The molecule has 1 aliphatic heterocycles. The quantitative estimate of drug-likeness (QED) is 0.331. The van der Waals surface area contributed by atoms with E-state index in [4.69, 9.17) is 14.2 Å². The number of rotatable bonds is 7. The van der Waals surface area contributed by atoms with E-state index >= 15 is 0 Å². The lowest BCUT2D eigenvalue weighted by molar-refractivity contribution is 0.171. The van der Waals surface area contributed by atoms with Gasteiger partial charge in [-0.25, -0.2) is 0 Å². The van der Waals surface area contributed by atoms with Crippen LogP contribution in [0.15, 0.2) is 47.5 Å². The third-order valence-corrected chi connectivity index (χ3v) is 5.37. The number of hydrogen-bond acceptors (Lipinski definition) is 5. The van der Waals surface area contributed by atoms with Crippen molar-refractivity contribution in [2.45, 2.75) is 13.1 Å². The predicted octanol–water partition coefficient (Wildman–Crippen LogP) is 3.22. The van der Waals surface area contributed by atoms with Gasteiger partial charge in [-0.1, -0.05) is 12.1 Å². The van der Waals surface area contributed by atoms with Crippen molar-refractivity contribution in [2.75, 3.05) is 54.6 Å². The van der Waals surface area contributed by atoms with Crippen LogP contribution in [0.25, 0.3) is 0 Å². The van der Waals surface area contributed by atoms with Gasteiger partial charge in [-0.15, -0.1) is 24.0 Å². The van der Waals surface area contributed by atoms with Crippen LogP contribution in [-0.4, -0.2) is 70.3 Å². The summed E-state index contributed by atoms with van der Waals surface area (Å²) in [6.07, 6.45) is 0. The van der Waals surface area contributed by atoms with E-state index in [1.807, 2.05) is 31.3 Å². The number of methoxy groups -OCH3 is 3. The fraction of sp³-hybridized carbons (Fsp3) is 0.435. The highest BCUT2D eigenvalue weighted by Gasteiger charge is 2.20. The predicted molar refractivity (Wildman–Crippen MR) is 135 cm³/mol. The lowest BCUT2D eigenvalue weighted by atomic mass is 10.1. The van der Waals surface area contributed by atoms with Gasteiger partial charge < -0.3 is 24.4 Å². The van der Waals surface area contributed by atoms with E-state index in [0.717, 1.165) is 68.0 Å². The Balaban J connectivity index is 0.00000341. The minimum atomic E-state index is 0. The van der Waals surface area contributed by atoms with Crippen molar-refractivity contribution >= 4 is 29.9 Å². The van der Waals surface area contributed by atoms with Gasteiger partial charge in [0.2, 0.25) is 0 Å². The summed E-state index contributed by atoms with van der Waals surface area (Å²) in [4.78, 5) is 9.21. The number of ether oxygens (including phenoxy) is 3. The Morgan fingerprint density at radius 1 is 0.903 bits per heavy atom. The SMILES string of the molecule is CN=C(NCc1ccc(OC)cc1)N1CCN(Cc2cc(OC)ccc2OC)CC1.I. The molecule has 0 aromatic heterocycles. The molecule has 170 valence electrons. The Bertz CT molecular complexity index is 837. The second-order valence-electron chi connectivity index (χ2n) is 7.19. The van der Waals surface area contributed by atoms with Gasteiger partial charge in [0.1, 0.15) is 17.2 Å². The summed E-state index contributed by atoms with van der Waals surface area (Å²) in [5.74, 6) is 3.55. The van der Waals surface area contributed by atoms with Gasteiger partial charge in [0.25, 0.3) is 0 Å². The van der Waals surface area contributed by atoms with Crippen molar-refractivity contribution in [1.82, 2.24) is 15.1 Å². The Morgan fingerprint density at radius 3 is 2.13 bits per heavy atom. The summed E-state index contributed by atoms with van der Waals surface area (Å²) in [5.41, 5.74) is 2.34. The highest BCUT2D eigenvalue weighted by atomic mass is 127. The number of guanidine groups is 1. The number of nitrogens with zero attached hydrogens (tertiary/aromatic N) is 3.